The summed E-state index contributed by atoms with van der Waals surface area (Å²) in [5, 5.41) is 7.69. The van der Waals surface area contributed by atoms with E-state index in [2.05, 4.69) is 31.0 Å². The molecule has 0 aliphatic heterocycles. The van der Waals surface area contributed by atoms with Crippen LogP contribution in [0.3, 0.4) is 0 Å². The SMILES string of the molecule is COc1ccc(Oc2ccc(N)nn2)c(C(C)(C)C)c1. The van der Waals surface area contributed by atoms with E-state index in [-0.39, 0.29) is 5.41 Å². The summed E-state index contributed by atoms with van der Waals surface area (Å²) >= 11 is 0. The number of hydrogen-bond acceptors (Lipinski definition) is 5. The van der Waals surface area contributed by atoms with Crippen molar-refractivity contribution >= 4 is 5.82 Å². The summed E-state index contributed by atoms with van der Waals surface area (Å²) in [7, 11) is 1.65. The maximum Gasteiger partial charge on any atom is 0.239 e. The van der Waals surface area contributed by atoms with Crippen molar-refractivity contribution in [2.45, 2.75) is 26.2 Å². The first kappa shape index (κ1) is 14.1. The van der Waals surface area contributed by atoms with Crippen molar-refractivity contribution in [3.8, 4) is 17.4 Å². The molecule has 0 aliphatic rings. The number of methoxy groups -OCH3 is 1. The molecule has 0 saturated carbocycles. The van der Waals surface area contributed by atoms with E-state index < -0.39 is 0 Å². The summed E-state index contributed by atoms with van der Waals surface area (Å²) in [6.07, 6.45) is 0. The van der Waals surface area contributed by atoms with Crippen LogP contribution in [0.15, 0.2) is 30.3 Å². The van der Waals surface area contributed by atoms with Gasteiger partial charge in [0.1, 0.15) is 17.3 Å². The lowest BCUT2D eigenvalue weighted by Crippen LogP contribution is -2.13. The second-order valence-electron chi connectivity index (χ2n) is 5.51. The number of nitrogens with zero attached hydrogens (tertiary/aromatic N) is 2. The second kappa shape index (κ2) is 5.36. The normalized spacial score (nSPS) is 11.2. The lowest BCUT2D eigenvalue weighted by Gasteiger charge is -2.23. The van der Waals surface area contributed by atoms with Crippen LogP contribution in [0.2, 0.25) is 0 Å². The van der Waals surface area contributed by atoms with Crippen molar-refractivity contribution in [1.29, 1.82) is 0 Å². The van der Waals surface area contributed by atoms with Gasteiger partial charge in [-0.2, -0.15) is 0 Å². The van der Waals surface area contributed by atoms with Crippen molar-refractivity contribution in [3.63, 3.8) is 0 Å². The van der Waals surface area contributed by atoms with Crippen LogP contribution < -0.4 is 15.2 Å². The monoisotopic (exact) mass is 273 g/mol. The molecule has 0 saturated heterocycles. The molecule has 0 bridgehead atoms. The van der Waals surface area contributed by atoms with Gasteiger partial charge < -0.3 is 15.2 Å². The Morgan fingerprint density at radius 1 is 1.05 bits per heavy atom. The minimum Gasteiger partial charge on any atom is -0.497 e. The predicted octanol–water partition coefficient (Wildman–Crippen LogP) is 3.16. The molecule has 0 radical (unpaired) electrons. The van der Waals surface area contributed by atoms with Gasteiger partial charge in [-0.1, -0.05) is 20.8 Å². The van der Waals surface area contributed by atoms with Gasteiger partial charge in [0.25, 0.3) is 0 Å². The number of nitrogen functional groups attached to an aromatic ring is 1. The molecule has 2 aromatic rings. The number of benzene rings is 1. The van der Waals surface area contributed by atoms with Crippen LogP contribution in [0.4, 0.5) is 5.82 Å². The first-order valence-corrected chi connectivity index (χ1v) is 6.36. The van der Waals surface area contributed by atoms with Crippen LogP contribution in [0, 0.1) is 0 Å². The van der Waals surface area contributed by atoms with Crippen LogP contribution in [0.5, 0.6) is 17.4 Å². The van der Waals surface area contributed by atoms with Gasteiger partial charge in [-0.25, -0.2) is 0 Å². The molecule has 0 fully saturated rings. The van der Waals surface area contributed by atoms with E-state index in [0.29, 0.717) is 11.7 Å². The van der Waals surface area contributed by atoms with E-state index in [1.165, 1.54) is 0 Å². The lowest BCUT2D eigenvalue weighted by atomic mass is 9.86. The van der Waals surface area contributed by atoms with Crippen molar-refractivity contribution in [1.82, 2.24) is 10.2 Å². The Morgan fingerprint density at radius 3 is 2.35 bits per heavy atom. The Balaban J connectivity index is 2.38. The summed E-state index contributed by atoms with van der Waals surface area (Å²) in [5.74, 6) is 2.31. The summed E-state index contributed by atoms with van der Waals surface area (Å²) < 4.78 is 11.1. The lowest BCUT2D eigenvalue weighted by molar-refractivity contribution is 0.404. The van der Waals surface area contributed by atoms with Crippen molar-refractivity contribution < 1.29 is 9.47 Å². The van der Waals surface area contributed by atoms with Crippen LogP contribution >= 0.6 is 0 Å². The molecule has 1 heterocycles. The van der Waals surface area contributed by atoms with E-state index in [1.54, 1.807) is 19.2 Å². The molecule has 2 N–H and O–H groups in total. The molecular formula is C15H19N3O2. The summed E-state index contributed by atoms with van der Waals surface area (Å²) in [6, 6.07) is 9.05. The average Bonchev–Trinajstić information content (AvgIpc) is 2.40. The fraction of sp³-hybridized carbons (Fsp3) is 0.333. The van der Waals surface area contributed by atoms with E-state index in [1.807, 2.05) is 18.2 Å². The van der Waals surface area contributed by atoms with Gasteiger partial charge >= 0.3 is 0 Å². The molecule has 20 heavy (non-hydrogen) atoms. The molecule has 0 amide bonds. The largest absolute Gasteiger partial charge is 0.497 e. The zero-order chi connectivity index (χ0) is 14.8. The van der Waals surface area contributed by atoms with Gasteiger partial charge in [0.15, 0.2) is 0 Å². The van der Waals surface area contributed by atoms with E-state index in [9.17, 15) is 0 Å². The predicted molar refractivity (Wildman–Crippen MR) is 78.2 cm³/mol. The summed E-state index contributed by atoms with van der Waals surface area (Å²) in [5.41, 5.74) is 6.47. The van der Waals surface area contributed by atoms with Gasteiger partial charge in [-0.15, -0.1) is 10.2 Å². The highest BCUT2D eigenvalue weighted by molar-refractivity contribution is 5.45. The Hall–Kier alpha value is -2.30. The second-order valence-corrected chi connectivity index (χ2v) is 5.51. The minimum absolute atomic E-state index is 0.0783. The topological polar surface area (TPSA) is 70.3 Å². The van der Waals surface area contributed by atoms with E-state index >= 15 is 0 Å². The quantitative estimate of drug-likeness (QED) is 0.930. The van der Waals surface area contributed by atoms with Crippen LogP contribution in [0.1, 0.15) is 26.3 Å². The third kappa shape index (κ3) is 3.17. The van der Waals surface area contributed by atoms with Crippen molar-refractivity contribution in [2.24, 2.45) is 0 Å². The van der Waals surface area contributed by atoms with Crippen molar-refractivity contribution in [3.05, 3.63) is 35.9 Å². The maximum absolute atomic E-state index is 5.81. The van der Waals surface area contributed by atoms with Gasteiger partial charge in [-0.3, -0.25) is 0 Å². The Kier molecular flexibility index (Phi) is 3.79. The third-order valence-electron chi connectivity index (χ3n) is 2.87. The Labute approximate surface area is 118 Å². The van der Waals surface area contributed by atoms with Crippen LogP contribution in [-0.2, 0) is 5.41 Å². The maximum atomic E-state index is 5.81. The number of nitrogens with two attached hydrogens (primary N) is 1. The van der Waals surface area contributed by atoms with E-state index in [0.717, 1.165) is 17.1 Å². The summed E-state index contributed by atoms with van der Waals surface area (Å²) in [4.78, 5) is 0. The minimum atomic E-state index is -0.0783. The van der Waals surface area contributed by atoms with Crippen LogP contribution in [0.25, 0.3) is 0 Å². The smallest absolute Gasteiger partial charge is 0.239 e. The molecule has 1 aromatic heterocycles. The van der Waals surface area contributed by atoms with E-state index in [4.69, 9.17) is 15.2 Å². The molecule has 5 nitrogen and oxygen atoms in total. The number of anilines is 1. The molecule has 1 aromatic carbocycles. The number of hydrogen-bond donors (Lipinski definition) is 1. The third-order valence-corrected chi connectivity index (χ3v) is 2.87. The Morgan fingerprint density at radius 2 is 1.80 bits per heavy atom. The standard InChI is InChI=1S/C15H19N3O2/c1-15(2,3)11-9-10(19-4)5-6-12(11)20-14-8-7-13(16)17-18-14/h5-9H,1-4H3,(H2,16,17). The van der Waals surface area contributed by atoms with Gasteiger partial charge in [-0.05, 0) is 29.7 Å². The zero-order valence-corrected chi connectivity index (χ0v) is 12.2. The highest BCUT2D eigenvalue weighted by atomic mass is 16.5. The average molecular weight is 273 g/mol. The molecule has 106 valence electrons. The molecule has 0 atom stereocenters. The number of aromatic nitrogens is 2. The molecule has 0 unspecified atom stereocenters. The van der Waals surface area contributed by atoms with Crippen LogP contribution in [-0.4, -0.2) is 17.3 Å². The summed E-state index contributed by atoms with van der Waals surface area (Å²) in [6.45, 7) is 6.34. The van der Waals surface area contributed by atoms with Gasteiger partial charge in [0.2, 0.25) is 5.88 Å². The molecular weight excluding hydrogens is 254 g/mol. The first-order chi connectivity index (χ1) is 9.40. The number of ether oxygens (including phenoxy) is 2. The molecule has 5 heteroatoms. The fourth-order valence-electron chi connectivity index (χ4n) is 1.81. The fourth-order valence-corrected chi connectivity index (χ4v) is 1.81. The zero-order valence-electron chi connectivity index (χ0n) is 12.2. The highest BCUT2D eigenvalue weighted by Crippen LogP contribution is 2.36. The molecule has 2 rings (SSSR count). The number of rotatable bonds is 3. The first-order valence-electron chi connectivity index (χ1n) is 6.36. The van der Waals surface area contributed by atoms with Gasteiger partial charge in [0, 0.05) is 11.6 Å². The van der Waals surface area contributed by atoms with Crippen molar-refractivity contribution in [2.75, 3.05) is 12.8 Å². The molecule has 0 aliphatic carbocycles. The highest BCUT2D eigenvalue weighted by Gasteiger charge is 2.20. The van der Waals surface area contributed by atoms with Gasteiger partial charge in [0.05, 0.1) is 7.11 Å². The Bertz CT molecular complexity index is 589. The molecule has 0 spiro atoms.